The van der Waals surface area contributed by atoms with E-state index in [1.165, 1.54) is 0 Å². The number of likely N-dealkylation sites (tertiary alicyclic amines) is 1. The van der Waals surface area contributed by atoms with Crippen LogP contribution in [0.25, 0.3) is 10.8 Å². The van der Waals surface area contributed by atoms with Gasteiger partial charge < -0.3 is 29.1 Å². The molecule has 0 spiro atoms. The van der Waals surface area contributed by atoms with Crippen LogP contribution in [0.1, 0.15) is 51.3 Å². The van der Waals surface area contributed by atoms with Crippen LogP contribution in [0.15, 0.2) is 36.4 Å². The molecule has 46 heavy (non-hydrogen) atoms. The van der Waals surface area contributed by atoms with Crippen LogP contribution < -0.4 is 14.5 Å². The third kappa shape index (κ3) is 6.49. The van der Waals surface area contributed by atoms with Crippen LogP contribution in [0, 0.1) is 11.3 Å². The maximum Gasteiger partial charge on any atom is 0.410 e. The van der Waals surface area contributed by atoms with Crippen LogP contribution in [0.2, 0.25) is 5.02 Å². The highest BCUT2D eigenvalue weighted by Crippen LogP contribution is 2.37. The molecule has 0 radical (unpaired) electrons. The Hall–Kier alpha value is -4.30. The highest BCUT2D eigenvalue weighted by atomic mass is 35.5. The van der Waals surface area contributed by atoms with E-state index in [1.807, 2.05) is 39.0 Å². The number of halogens is 1. The summed E-state index contributed by atoms with van der Waals surface area (Å²) in [4.78, 5) is 42.9. The number of carbonyl (C=O) groups is 2. The molecule has 3 aliphatic heterocycles. The summed E-state index contributed by atoms with van der Waals surface area (Å²) in [6.45, 7) is 8.43. The summed E-state index contributed by atoms with van der Waals surface area (Å²) in [5.74, 6) is 0.870. The first-order chi connectivity index (χ1) is 22.0. The SMILES string of the molecule is CN1C(=O)CC[C@H]1COc1nc2c(c(N3CCN(C(=O)OC(C)(C)C)[C@@H](CC#N)C3)n1)CCN(c1cccc3cccc(Cl)c13)C2. The Morgan fingerprint density at radius 3 is 2.57 bits per heavy atom. The largest absolute Gasteiger partial charge is 0.461 e. The van der Waals surface area contributed by atoms with Crippen molar-refractivity contribution in [2.75, 3.05) is 49.6 Å². The molecule has 4 heterocycles. The van der Waals surface area contributed by atoms with E-state index in [9.17, 15) is 14.9 Å². The number of hydrogen-bond acceptors (Lipinski definition) is 9. The minimum absolute atomic E-state index is 0.0395. The quantitative estimate of drug-likeness (QED) is 0.357. The summed E-state index contributed by atoms with van der Waals surface area (Å²) in [6, 6.07) is 14.2. The van der Waals surface area contributed by atoms with Crippen molar-refractivity contribution < 1.29 is 19.1 Å². The molecule has 2 saturated heterocycles. The highest BCUT2D eigenvalue weighted by Gasteiger charge is 2.36. The highest BCUT2D eigenvalue weighted by molar-refractivity contribution is 6.36. The van der Waals surface area contributed by atoms with Crippen molar-refractivity contribution in [3.63, 3.8) is 0 Å². The van der Waals surface area contributed by atoms with E-state index in [0.717, 1.165) is 46.5 Å². The summed E-state index contributed by atoms with van der Waals surface area (Å²) in [6.07, 6.45) is 1.68. The number of nitrogens with zero attached hydrogens (tertiary/aromatic N) is 7. The van der Waals surface area contributed by atoms with Gasteiger partial charge in [-0.05, 0) is 51.1 Å². The monoisotopic (exact) mass is 645 g/mol. The molecule has 0 bridgehead atoms. The lowest BCUT2D eigenvalue weighted by Gasteiger charge is -2.42. The molecule has 0 unspecified atom stereocenters. The van der Waals surface area contributed by atoms with E-state index in [0.29, 0.717) is 50.7 Å². The van der Waals surface area contributed by atoms with Gasteiger partial charge in [0.25, 0.3) is 0 Å². The molecule has 0 aliphatic carbocycles. The van der Waals surface area contributed by atoms with Gasteiger partial charge in [-0.1, -0.05) is 35.9 Å². The van der Waals surface area contributed by atoms with E-state index < -0.39 is 11.7 Å². The number of amides is 2. The number of anilines is 2. The second-order valence-electron chi connectivity index (χ2n) is 13.2. The zero-order chi connectivity index (χ0) is 32.6. The van der Waals surface area contributed by atoms with E-state index in [-0.39, 0.29) is 30.4 Å². The molecular formula is C34H40ClN7O4. The van der Waals surface area contributed by atoms with Crippen molar-refractivity contribution in [2.45, 2.75) is 70.7 Å². The third-order valence-corrected chi connectivity index (χ3v) is 9.28. The number of aromatic nitrogens is 2. The zero-order valence-electron chi connectivity index (χ0n) is 26.8. The molecule has 12 heteroatoms. The maximum absolute atomic E-state index is 13.1. The Kier molecular flexibility index (Phi) is 8.84. The Balaban J connectivity index is 1.32. The van der Waals surface area contributed by atoms with Gasteiger partial charge in [-0.15, -0.1) is 0 Å². The molecule has 2 aromatic carbocycles. The number of benzene rings is 2. The first-order valence-electron chi connectivity index (χ1n) is 15.8. The van der Waals surface area contributed by atoms with Crippen molar-refractivity contribution >= 4 is 45.9 Å². The molecule has 11 nitrogen and oxygen atoms in total. The van der Waals surface area contributed by atoms with Gasteiger partial charge in [-0.25, -0.2) is 4.79 Å². The van der Waals surface area contributed by atoms with E-state index in [1.54, 1.807) is 16.8 Å². The van der Waals surface area contributed by atoms with Gasteiger partial charge in [0, 0.05) is 56.3 Å². The average Bonchev–Trinajstić information content (AvgIpc) is 3.34. The number of hydrogen-bond donors (Lipinski definition) is 0. The molecule has 3 aliphatic rings. The fourth-order valence-electron chi connectivity index (χ4n) is 6.58. The van der Waals surface area contributed by atoms with Crippen LogP contribution in [0.5, 0.6) is 6.01 Å². The van der Waals surface area contributed by atoms with Crippen LogP contribution >= 0.6 is 11.6 Å². The number of ether oxygens (including phenoxy) is 2. The van der Waals surface area contributed by atoms with Gasteiger partial charge in [-0.3, -0.25) is 4.79 Å². The van der Waals surface area contributed by atoms with Crippen molar-refractivity contribution in [3.8, 4) is 12.1 Å². The number of piperazine rings is 1. The lowest BCUT2D eigenvalue weighted by Crippen LogP contribution is -2.56. The molecule has 3 aromatic rings. The fraction of sp³-hybridized carbons (Fsp3) is 0.500. The minimum atomic E-state index is -0.637. The van der Waals surface area contributed by atoms with E-state index in [4.69, 9.17) is 31.0 Å². The molecule has 0 saturated carbocycles. The summed E-state index contributed by atoms with van der Waals surface area (Å²) in [5, 5.41) is 12.4. The predicted molar refractivity (Wildman–Crippen MR) is 176 cm³/mol. The van der Waals surface area contributed by atoms with Crippen LogP contribution in [0.4, 0.5) is 16.3 Å². The van der Waals surface area contributed by atoms with Crippen molar-refractivity contribution in [3.05, 3.63) is 52.7 Å². The first-order valence-corrected chi connectivity index (χ1v) is 16.2. The predicted octanol–water partition coefficient (Wildman–Crippen LogP) is 5.18. The first kappa shape index (κ1) is 31.7. The van der Waals surface area contributed by atoms with Gasteiger partial charge in [-0.2, -0.15) is 15.2 Å². The molecule has 242 valence electrons. The number of carbonyl (C=O) groups excluding carboxylic acids is 2. The van der Waals surface area contributed by atoms with E-state index >= 15 is 0 Å². The summed E-state index contributed by atoms with van der Waals surface area (Å²) < 4.78 is 11.9. The Morgan fingerprint density at radius 2 is 1.85 bits per heavy atom. The molecule has 2 atom stereocenters. The second kappa shape index (κ2) is 12.8. The maximum atomic E-state index is 13.1. The standard InChI is InChI=1S/C34H40ClN7O4/c1-34(2,3)46-33(44)42-18-17-41(19-23(42)13-15-36)31-25-14-16-40(28-10-6-8-22-7-5-9-26(35)30(22)28)20-27(25)37-32(38-31)45-21-24-11-12-29(43)39(24)4/h5-10,23-24H,11-14,16-21H2,1-4H3/t23-,24-/m0/s1. The minimum Gasteiger partial charge on any atom is -0.461 e. The van der Waals surface area contributed by atoms with Gasteiger partial charge in [0.1, 0.15) is 18.0 Å². The normalized spacial score (nSPS) is 20.1. The van der Waals surface area contributed by atoms with Gasteiger partial charge >= 0.3 is 12.1 Å². The summed E-state index contributed by atoms with van der Waals surface area (Å²) in [5.41, 5.74) is 2.30. The van der Waals surface area contributed by atoms with Crippen molar-refractivity contribution in [2.24, 2.45) is 0 Å². The van der Waals surface area contributed by atoms with E-state index in [2.05, 4.69) is 34.1 Å². The molecule has 2 amide bonds. The average molecular weight is 646 g/mol. The van der Waals surface area contributed by atoms with Crippen molar-refractivity contribution in [1.29, 1.82) is 5.26 Å². The smallest absolute Gasteiger partial charge is 0.410 e. The summed E-state index contributed by atoms with van der Waals surface area (Å²) >= 11 is 6.70. The van der Waals surface area contributed by atoms with Crippen molar-refractivity contribution in [1.82, 2.24) is 19.8 Å². The fourth-order valence-corrected chi connectivity index (χ4v) is 6.86. The second-order valence-corrected chi connectivity index (χ2v) is 13.6. The number of rotatable bonds is 6. The lowest BCUT2D eigenvalue weighted by atomic mass is 10.0. The third-order valence-electron chi connectivity index (χ3n) is 8.97. The zero-order valence-corrected chi connectivity index (χ0v) is 27.6. The Labute approximate surface area is 274 Å². The van der Waals surface area contributed by atoms with Crippen LogP contribution in [-0.4, -0.2) is 89.3 Å². The Morgan fingerprint density at radius 1 is 1.07 bits per heavy atom. The number of nitriles is 1. The molecule has 6 rings (SSSR count). The Bertz CT molecular complexity index is 1680. The molecule has 0 N–H and O–H groups in total. The van der Waals surface area contributed by atoms with Crippen LogP contribution in [0.3, 0.4) is 0 Å². The van der Waals surface area contributed by atoms with Gasteiger partial charge in [0.2, 0.25) is 5.91 Å². The molecular weight excluding hydrogens is 606 g/mol. The van der Waals surface area contributed by atoms with Gasteiger partial charge in [0.05, 0.1) is 41.8 Å². The van der Waals surface area contributed by atoms with Gasteiger partial charge in [0.15, 0.2) is 0 Å². The summed E-state index contributed by atoms with van der Waals surface area (Å²) in [7, 11) is 1.80. The van der Waals surface area contributed by atoms with Crippen LogP contribution in [-0.2, 0) is 22.5 Å². The molecule has 1 aromatic heterocycles. The lowest BCUT2D eigenvalue weighted by molar-refractivity contribution is -0.127. The molecule has 2 fully saturated rings. The topological polar surface area (TPSA) is 115 Å². The number of likely N-dealkylation sites (N-methyl/N-ethyl adjacent to an activating group) is 1. The number of fused-ring (bicyclic) bond motifs is 2.